The average molecular weight is 336 g/mol. The normalized spacial score (nSPS) is 12.0. The molecule has 0 amide bonds. The highest BCUT2D eigenvalue weighted by atomic mass is 79.9. The van der Waals surface area contributed by atoms with Crippen LogP contribution in [0.5, 0.6) is 0 Å². The Kier molecular flexibility index (Phi) is 5.55. The number of hydrogen-bond donors (Lipinski definition) is 1. The summed E-state index contributed by atoms with van der Waals surface area (Å²) in [5.74, 6) is 0.0374. The number of rotatable bonds is 6. The summed E-state index contributed by atoms with van der Waals surface area (Å²) in [6.45, 7) is 4.87. The molecule has 0 aliphatic carbocycles. The van der Waals surface area contributed by atoms with Gasteiger partial charge in [0, 0.05) is 23.8 Å². The van der Waals surface area contributed by atoms with Crippen LogP contribution in [0, 0.1) is 0 Å². The molecule has 0 spiro atoms. The Morgan fingerprint density at radius 3 is 2.39 bits per heavy atom. The van der Waals surface area contributed by atoms with E-state index >= 15 is 0 Å². The molecule has 0 aliphatic rings. The Balaban J connectivity index is 3.21. The van der Waals surface area contributed by atoms with Gasteiger partial charge in [0.15, 0.2) is 0 Å². The van der Waals surface area contributed by atoms with Gasteiger partial charge < -0.3 is 5.73 Å². The molecule has 1 rings (SSSR count). The summed E-state index contributed by atoms with van der Waals surface area (Å²) >= 11 is 3.21. The first kappa shape index (κ1) is 15.4. The van der Waals surface area contributed by atoms with E-state index in [2.05, 4.69) is 20.9 Å². The zero-order valence-corrected chi connectivity index (χ0v) is 13.0. The Morgan fingerprint density at radius 1 is 1.33 bits per heavy atom. The van der Waals surface area contributed by atoms with Crippen molar-refractivity contribution in [1.29, 1.82) is 0 Å². The van der Waals surface area contributed by atoms with Gasteiger partial charge in [0.1, 0.15) is 10.7 Å². The lowest BCUT2D eigenvalue weighted by Gasteiger charge is -2.21. The van der Waals surface area contributed by atoms with Crippen molar-refractivity contribution in [2.45, 2.75) is 31.6 Å². The van der Waals surface area contributed by atoms with Gasteiger partial charge in [-0.2, -0.15) is 4.31 Å². The third-order valence-corrected chi connectivity index (χ3v) is 4.77. The highest BCUT2D eigenvalue weighted by Gasteiger charge is 2.26. The third-order valence-electron chi connectivity index (χ3n) is 2.41. The van der Waals surface area contributed by atoms with Crippen molar-refractivity contribution >= 4 is 31.8 Å². The molecule has 0 fully saturated rings. The van der Waals surface area contributed by atoms with Crippen LogP contribution in [0.25, 0.3) is 0 Å². The van der Waals surface area contributed by atoms with Gasteiger partial charge in [0.25, 0.3) is 0 Å². The van der Waals surface area contributed by atoms with Crippen molar-refractivity contribution < 1.29 is 8.42 Å². The van der Waals surface area contributed by atoms with E-state index < -0.39 is 10.0 Å². The van der Waals surface area contributed by atoms with Crippen molar-refractivity contribution in [1.82, 2.24) is 9.29 Å². The van der Waals surface area contributed by atoms with E-state index in [1.807, 2.05) is 13.8 Å². The Labute approximate surface area is 117 Å². The first-order valence-electron chi connectivity index (χ1n) is 5.84. The Hall–Kier alpha value is -0.660. The molecule has 18 heavy (non-hydrogen) atoms. The van der Waals surface area contributed by atoms with Crippen LogP contribution in [0.2, 0.25) is 0 Å². The molecule has 1 aromatic heterocycles. The van der Waals surface area contributed by atoms with Crippen molar-refractivity contribution in [2.75, 3.05) is 18.8 Å². The smallest absolute Gasteiger partial charge is 0.246 e. The maximum Gasteiger partial charge on any atom is 0.246 e. The summed E-state index contributed by atoms with van der Waals surface area (Å²) in [6, 6.07) is 1.50. The van der Waals surface area contributed by atoms with Gasteiger partial charge in [-0.25, -0.2) is 13.4 Å². The van der Waals surface area contributed by atoms with Crippen LogP contribution >= 0.6 is 15.9 Å². The summed E-state index contributed by atoms with van der Waals surface area (Å²) in [6.07, 6.45) is 3.01. The van der Waals surface area contributed by atoms with Crippen LogP contribution in [-0.4, -0.2) is 30.8 Å². The average Bonchev–Trinajstić information content (AvgIpc) is 2.32. The van der Waals surface area contributed by atoms with Crippen LogP contribution in [0.1, 0.15) is 26.7 Å². The fourth-order valence-electron chi connectivity index (χ4n) is 1.63. The lowest BCUT2D eigenvalue weighted by atomic mass is 10.4. The summed E-state index contributed by atoms with van der Waals surface area (Å²) in [5.41, 5.74) is 5.67. The molecule has 2 N–H and O–H groups in total. The van der Waals surface area contributed by atoms with E-state index in [4.69, 9.17) is 5.73 Å². The number of halogens is 1. The molecule has 1 aromatic rings. The summed E-state index contributed by atoms with van der Waals surface area (Å²) in [4.78, 5) is 3.94. The third kappa shape index (κ3) is 3.43. The molecule has 0 atom stereocenters. The maximum absolute atomic E-state index is 12.5. The topological polar surface area (TPSA) is 76.3 Å². The molecule has 1 heterocycles. The zero-order valence-electron chi connectivity index (χ0n) is 10.6. The second kappa shape index (κ2) is 6.49. The lowest BCUT2D eigenvalue weighted by molar-refractivity contribution is 0.410. The largest absolute Gasteiger partial charge is 0.383 e. The predicted octanol–water partition coefficient (Wildman–Crippen LogP) is 2.24. The highest BCUT2D eigenvalue weighted by Crippen LogP contribution is 2.24. The van der Waals surface area contributed by atoms with E-state index in [0.717, 1.165) is 12.8 Å². The minimum atomic E-state index is -3.56. The molecule has 7 heteroatoms. The Morgan fingerprint density at radius 2 is 1.89 bits per heavy atom. The van der Waals surface area contributed by atoms with Crippen LogP contribution in [-0.2, 0) is 10.0 Å². The van der Waals surface area contributed by atoms with E-state index in [-0.39, 0.29) is 10.7 Å². The monoisotopic (exact) mass is 335 g/mol. The van der Waals surface area contributed by atoms with Crippen LogP contribution in [0.15, 0.2) is 21.6 Å². The fourth-order valence-corrected chi connectivity index (χ4v) is 3.83. The standard InChI is InChI=1S/C11H18BrN3O2S/c1-3-5-15(6-4-2)18(16,17)10-7-9(12)8-14-11(10)13/h7-8H,3-6H2,1-2H3,(H2,13,14). The molecular formula is C11H18BrN3O2S. The van der Waals surface area contributed by atoms with Gasteiger partial charge in [0.05, 0.1) is 0 Å². The van der Waals surface area contributed by atoms with Crippen molar-refractivity contribution in [3.8, 4) is 0 Å². The molecule has 0 radical (unpaired) electrons. The van der Waals surface area contributed by atoms with Crippen LogP contribution in [0.3, 0.4) is 0 Å². The second-order valence-electron chi connectivity index (χ2n) is 3.94. The van der Waals surface area contributed by atoms with E-state index in [1.54, 1.807) is 0 Å². The first-order chi connectivity index (χ1) is 8.43. The second-order valence-corrected chi connectivity index (χ2v) is 6.76. The molecular weight excluding hydrogens is 318 g/mol. The summed E-state index contributed by atoms with van der Waals surface area (Å²) < 4.78 is 27.0. The highest BCUT2D eigenvalue weighted by molar-refractivity contribution is 9.10. The number of sulfonamides is 1. The molecule has 0 aromatic carbocycles. The Bertz CT molecular complexity index is 499. The number of nitrogen functional groups attached to an aromatic ring is 1. The van der Waals surface area contributed by atoms with Gasteiger partial charge in [-0.3, -0.25) is 0 Å². The molecule has 0 unspecified atom stereocenters. The molecule has 5 nitrogen and oxygen atoms in total. The lowest BCUT2D eigenvalue weighted by Crippen LogP contribution is -2.33. The van der Waals surface area contributed by atoms with E-state index in [1.165, 1.54) is 16.6 Å². The van der Waals surface area contributed by atoms with Crippen LogP contribution in [0.4, 0.5) is 5.82 Å². The van der Waals surface area contributed by atoms with Gasteiger partial charge in [-0.05, 0) is 34.8 Å². The van der Waals surface area contributed by atoms with Crippen molar-refractivity contribution in [3.05, 3.63) is 16.7 Å². The van der Waals surface area contributed by atoms with E-state index in [9.17, 15) is 8.42 Å². The number of nitrogens with two attached hydrogens (primary N) is 1. The van der Waals surface area contributed by atoms with Gasteiger partial charge >= 0.3 is 0 Å². The molecule has 0 saturated heterocycles. The van der Waals surface area contributed by atoms with Crippen molar-refractivity contribution in [2.24, 2.45) is 0 Å². The van der Waals surface area contributed by atoms with Gasteiger partial charge in [0.2, 0.25) is 10.0 Å². The first-order valence-corrected chi connectivity index (χ1v) is 8.08. The van der Waals surface area contributed by atoms with E-state index in [0.29, 0.717) is 17.6 Å². The molecule has 0 saturated carbocycles. The molecule has 102 valence electrons. The number of hydrogen-bond acceptors (Lipinski definition) is 4. The number of pyridine rings is 1. The number of anilines is 1. The van der Waals surface area contributed by atoms with Crippen LogP contribution < -0.4 is 5.73 Å². The quantitative estimate of drug-likeness (QED) is 0.864. The molecule has 0 aliphatic heterocycles. The number of nitrogens with zero attached hydrogens (tertiary/aromatic N) is 2. The predicted molar refractivity (Wildman–Crippen MR) is 75.7 cm³/mol. The van der Waals surface area contributed by atoms with Crippen molar-refractivity contribution in [3.63, 3.8) is 0 Å². The van der Waals surface area contributed by atoms with Gasteiger partial charge in [-0.1, -0.05) is 13.8 Å². The minimum Gasteiger partial charge on any atom is -0.383 e. The number of aromatic nitrogens is 1. The minimum absolute atomic E-state index is 0.0374. The molecule has 0 bridgehead atoms. The zero-order chi connectivity index (χ0) is 13.8. The maximum atomic E-state index is 12.5. The SMILES string of the molecule is CCCN(CCC)S(=O)(=O)c1cc(Br)cnc1N. The van der Waals surface area contributed by atoms with Gasteiger partial charge in [-0.15, -0.1) is 0 Å². The summed E-state index contributed by atoms with van der Waals surface area (Å²) in [5, 5.41) is 0. The fraction of sp³-hybridized carbons (Fsp3) is 0.545. The summed E-state index contributed by atoms with van der Waals surface area (Å²) in [7, 11) is -3.56.